The summed E-state index contributed by atoms with van der Waals surface area (Å²) in [6.07, 6.45) is 1.50. The molecular weight excluding hydrogens is 418 g/mol. The van der Waals surface area contributed by atoms with Crippen LogP contribution >= 0.6 is 0 Å². The highest BCUT2D eigenvalue weighted by Crippen LogP contribution is 2.27. The summed E-state index contributed by atoms with van der Waals surface area (Å²) in [7, 11) is 1.48. The maximum absolute atomic E-state index is 13.1. The number of hydrogen-bond acceptors (Lipinski definition) is 7. The Kier molecular flexibility index (Phi) is 7.32. The van der Waals surface area contributed by atoms with Crippen molar-refractivity contribution in [2.45, 2.75) is 24.3 Å². The van der Waals surface area contributed by atoms with Gasteiger partial charge in [-0.15, -0.1) is 0 Å². The van der Waals surface area contributed by atoms with Crippen molar-refractivity contribution in [3.05, 3.63) is 71.2 Å². The summed E-state index contributed by atoms with van der Waals surface area (Å²) in [6.45, 7) is 1.53. The highest BCUT2D eigenvalue weighted by atomic mass is 32.2. The lowest BCUT2D eigenvalue weighted by molar-refractivity contribution is 0.102. The Balaban J connectivity index is 1.85. The van der Waals surface area contributed by atoms with Gasteiger partial charge in [0, 0.05) is 29.2 Å². The molecule has 0 radical (unpaired) electrons. The first-order valence-electron chi connectivity index (χ1n) is 9.39. The lowest BCUT2D eigenvalue weighted by Crippen LogP contribution is -2.17. The molecule has 0 aliphatic heterocycles. The molecule has 1 amide bonds. The van der Waals surface area contributed by atoms with Crippen LogP contribution in [-0.2, 0) is 23.2 Å². The normalized spacial score (nSPS) is 11.6. The molecule has 2 N–H and O–H groups in total. The Morgan fingerprint density at radius 2 is 1.97 bits per heavy atom. The van der Waals surface area contributed by atoms with Crippen molar-refractivity contribution in [1.82, 2.24) is 9.97 Å². The zero-order valence-corrected chi connectivity index (χ0v) is 18.2. The lowest BCUT2D eigenvalue weighted by Gasteiger charge is -2.12. The van der Waals surface area contributed by atoms with E-state index in [-0.39, 0.29) is 22.9 Å². The van der Waals surface area contributed by atoms with Crippen molar-refractivity contribution in [3.63, 3.8) is 0 Å². The van der Waals surface area contributed by atoms with Gasteiger partial charge in [0.2, 0.25) is 0 Å². The number of ether oxygens (including phenoxy) is 2. The third-order valence-electron chi connectivity index (χ3n) is 4.44. The zero-order chi connectivity index (χ0) is 22.4. The maximum Gasteiger partial charge on any atom is 0.258 e. The van der Waals surface area contributed by atoms with E-state index in [0.29, 0.717) is 34.1 Å². The summed E-state index contributed by atoms with van der Waals surface area (Å²) in [4.78, 5) is 21.3. The average molecular weight is 442 g/mol. The van der Waals surface area contributed by atoms with E-state index in [1.165, 1.54) is 13.3 Å². The van der Waals surface area contributed by atoms with E-state index in [1.807, 2.05) is 0 Å². The highest BCUT2D eigenvalue weighted by molar-refractivity contribution is 7.84. The first-order chi connectivity index (χ1) is 14.9. The minimum absolute atomic E-state index is 0.119. The van der Waals surface area contributed by atoms with E-state index < -0.39 is 16.7 Å². The van der Waals surface area contributed by atoms with E-state index in [0.717, 1.165) is 0 Å². The molecule has 0 saturated carbocycles. The molecule has 2 aromatic heterocycles. The Morgan fingerprint density at radius 1 is 1.16 bits per heavy atom. The number of carbonyl (C=O) groups is 1. The van der Waals surface area contributed by atoms with Crippen LogP contribution in [0.1, 0.15) is 27.3 Å². The minimum atomic E-state index is -1.60. The van der Waals surface area contributed by atoms with E-state index in [4.69, 9.17) is 9.47 Å². The van der Waals surface area contributed by atoms with E-state index >= 15 is 0 Å². The Morgan fingerprint density at radius 3 is 2.68 bits per heavy atom. The van der Waals surface area contributed by atoms with Gasteiger partial charge in [0.25, 0.3) is 5.91 Å². The second-order valence-electron chi connectivity index (χ2n) is 6.62. The van der Waals surface area contributed by atoms with Gasteiger partial charge in [0.15, 0.2) is 0 Å². The van der Waals surface area contributed by atoms with Gasteiger partial charge in [-0.3, -0.25) is 14.0 Å². The second kappa shape index (κ2) is 10.1. The molecule has 0 saturated heterocycles. The predicted molar refractivity (Wildman–Crippen MR) is 117 cm³/mol. The van der Waals surface area contributed by atoms with Gasteiger partial charge in [-0.2, -0.15) is 0 Å². The van der Waals surface area contributed by atoms with Gasteiger partial charge in [-0.1, -0.05) is 6.07 Å². The molecular formula is C22H23N3O5S. The number of benzene rings is 1. The first kappa shape index (κ1) is 22.4. The molecule has 1 atom stereocenters. The van der Waals surface area contributed by atoms with Gasteiger partial charge >= 0.3 is 0 Å². The van der Waals surface area contributed by atoms with Crippen molar-refractivity contribution < 1.29 is 23.6 Å². The summed E-state index contributed by atoms with van der Waals surface area (Å²) in [5, 5.41) is 12.3. The lowest BCUT2D eigenvalue weighted by atomic mass is 10.2. The SMILES string of the molecule is COc1ccc(CS(=O)c2ncccc2C(=O)Nc2cc(C)nc(CO)c2)c(OC)c1. The molecule has 8 nitrogen and oxygen atoms in total. The van der Waals surface area contributed by atoms with Crippen LogP contribution in [-0.4, -0.2) is 39.4 Å². The molecule has 0 fully saturated rings. The van der Waals surface area contributed by atoms with Crippen LogP contribution < -0.4 is 14.8 Å². The van der Waals surface area contributed by atoms with Gasteiger partial charge in [0.1, 0.15) is 16.5 Å². The fourth-order valence-electron chi connectivity index (χ4n) is 3.01. The Hall–Kier alpha value is -3.30. The zero-order valence-electron chi connectivity index (χ0n) is 17.4. The largest absolute Gasteiger partial charge is 0.497 e. The third kappa shape index (κ3) is 5.44. The van der Waals surface area contributed by atoms with Crippen LogP contribution in [0, 0.1) is 6.92 Å². The predicted octanol–water partition coefficient (Wildman–Crippen LogP) is 2.85. The smallest absolute Gasteiger partial charge is 0.258 e. The molecule has 3 rings (SSSR count). The number of carbonyl (C=O) groups excluding carboxylic acids is 1. The van der Waals surface area contributed by atoms with E-state index in [1.54, 1.807) is 56.5 Å². The highest BCUT2D eigenvalue weighted by Gasteiger charge is 2.19. The van der Waals surface area contributed by atoms with Crippen molar-refractivity contribution in [2.24, 2.45) is 0 Å². The van der Waals surface area contributed by atoms with Crippen LogP contribution in [0.3, 0.4) is 0 Å². The minimum Gasteiger partial charge on any atom is -0.497 e. The maximum atomic E-state index is 13.1. The van der Waals surface area contributed by atoms with Crippen LogP contribution in [0.2, 0.25) is 0 Å². The molecule has 3 aromatic rings. The molecule has 1 unspecified atom stereocenters. The Labute approximate surface area is 182 Å². The molecule has 0 bridgehead atoms. The molecule has 1 aromatic carbocycles. The number of aromatic nitrogens is 2. The quantitative estimate of drug-likeness (QED) is 0.553. The van der Waals surface area contributed by atoms with E-state index in [2.05, 4.69) is 15.3 Å². The molecule has 31 heavy (non-hydrogen) atoms. The summed E-state index contributed by atoms with van der Waals surface area (Å²) in [5.74, 6) is 0.832. The topological polar surface area (TPSA) is 111 Å². The summed E-state index contributed by atoms with van der Waals surface area (Å²) < 4.78 is 23.7. The molecule has 0 spiro atoms. The number of pyridine rings is 2. The van der Waals surface area contributed by atoms with Crippen molar-refractivity contribution in [1.29, 1.82) is 0 Å². The number of methoxy groups -OCH3 is 2. The van der Waals surface area contributed by atoms with E-state index in [9.17, 15) is 14.1 Å². The number of amides is 1. The standard InChI is InChI=1S/C22H23N3O5S/c1-14-9-16(10-17(12-26)24-14)25-21(27)19-5-4-8-23-22(19)31(28)13-15-6-7-18(29-2)11-20(15)30-3/h4-11,26H,12-13H2,1-3H3,(H,24,25,27). The van der Waals surface area contributed by atoms with Crippen LogP contribution in [0.25, 0.3) is 0 Å². The summed E-state index contributed by atoms with van der Waals surface area (Å²) >= 11 is 0. The number of nitrogens with zero attached hydrogens (tertiary/aromatic N) is 2. The number of aliphatic hydroxyl groups excluding tert-OH is 1. The number of aryl methyl sites for hydroxylation is 1. The third-order valence-corrected chi connectivity index (χ3v) is 5.77. The van der Waals surface area contributed by atoms with Crippen LogP contribution in [0.5, 0.6) is 11.5 Å². The van der Waals surface area contributed by atoms with Crippen molar-refractivity contribution in [2.75, 3.05) is 19.5 Å². The van der Waals surface area contributed by atoms with Gasteiger partial charge in [0.05, 0.1) is 48.6 Å². The number of hydrogen-bond donors (Lipinski definition) is 2. The van der Waals surface area contributed by atoms with Gasteiger partial charge in [-0.05, 0) is 37.3 Å². The average Bonchev–Trinajstić information content (AvgIpc) is 2.78. The molecule has 0 aliphatic carbocycles. The van der Waals surface area contributed by atoms with Gasteiger partial charge < -0.3 is 19.9 Å². The Bertz CT molecular complexity index is 1120. The molecule has 9 heteroatoms. The monoisotopic (exact) mass is 441 g/mol. The number of anilines is 1. The van der Waals surface area contributed by atoms with Crippen LogP contribution in [0.4, 0.5) is 5.69 Å². The molecule has 162 valence electrons. The van der Waals surface area contributed by atoms with Gasteiger partial charge in [-0.25, -0.2) is 4.98 Å². The van der Waals surface area contributed by atoms with Crippen molar-refractivity contribution in [3.8, 4) is 11.5 Å². The number of rotatable bonds is 8. The summed E-state index contributed by atoms with van der Waals surface area (Å²) in [5.41, 5.74) is 2.49. The van der Waals surface area contributed by atoms with Crippen molar-refractivity contribution >= 4 is 22.4 Å². The molecule has 0 aliphatic rings. The molecule has 2 heterocycles. The van der Waals surface area contributed by atoms with Crippen LogP contribution in [0.15, 0.2) is 53.7 Å². The number of aliphatic hydroxyl groups is 1. The first-order valence-corrected chi connectivity index (χ1v) is 10.7. The fraction of sp³-hybridized carbons (Fsp3) is 0.227. The number of nitrogens with one attached hydrogen (secondary N) is 1. The summed E-state index contributed by atoms with van der Waals surface area (Å²) in [6, 6.07) is 11.7. The second-order valence-corrected chi connectivity index (χ2v) is 7.99. The fourth-order valence-corrected chi connectivity index (χ4v) is 4.26.